The minimum atomic E-state index is 0.828. The van der Waals surface area contributed by atoms with E-state index in [0.717, 1.165) is 23.7 Å². The van der Waals surface area contributed by atoms with Crippen LogP contribution in [0.25, 0.3) is 0 Å². The maximum Gasteiger partial charge on any atom is -0.0312 e. The van der Waals surface area contributed by atoms with Crippen LogP contribution in [0, 0.1) is 30.1 Å². The first kappa shape index (κ1) is 11.0. The molecule has 1 radical (unpaired) electrons. The van der Waals surface area contributed by atoms with Crippen molar-refractivity contribution in [2.45, 2.75) is 39.5 Å². The lowest BCUT2D eigenvalue weighted by molar-refractivity contribution is 0.305. The van der Waals surface area contributed by atoms with E-state index in [-0.39, 0.29) is 0 Å². The van der Waals surface area contributed by atoms with Crippen molar-refractivity contribution in [1.29, 1.82) is 0 Å². The van der Waals surface area contributed by atoms with Gasteiger partial charge in [0.25, 0.3) is 0 Å². The molecule has 4 unspecified atom stereocenters. The van der Waals surface area contributed by atoms with Crippen LogP contribution in [0.5, 0.6) is 0 Å². The van der Waals surface area contributed by atoms with Gasteiger partial charge in [0.2, 0.25) is 0 Å². The van der Waals surface area contributed by atoms with Gasteiger partial charge in [0, 0.05) is 0 Å². The molecule has 0 fully saturated rings. The van der Waals surface area contributed by atoms with Crippen molar-refractivity contribution in [3.05, 3.63) is 30.7 Å². The van der Waals surface area contributed by atoms with Crippen molar-refractivity contribution in [2.24, 2.45) is 23.7 Å². The summed E-state index contributed by atoms with van der Waals surface area (Å²) >= 11 is 0. The molecule has 2 rings (SSSR count). The standard InChI is InChI=1S/C15H23/c1-12-7-3-5-9-14(12)11-15-10-6-4-8-13(15)2/h3-6,11-15H,7-10H2,1-2H3. The van der Waals surface area contributed by atoms with Crippen molar-refractivity contribution in [2.75, 3.05) is 0 Å². The molecule has 15 heavy (non-hydrogen) atoms. The highest BCUT2D eigenvalue weighted by Crippen LogP contribution is 2.36. The van der Waals surface area contributed by atoms with Crippen molar-refractivity contribution < 1.29 is 0 Å². The number of rotatable bonds is 2. The van der Waals surface area contributed by atoms with E-state index in [0.29, 0.717) is 0 Å². The van der Waals surface area contributed by atoms with Crippen molar-refractivity contribution >= 4 is 0 Å². The second-order valence-corrected chi connectivity index (χ2v) is 5.36. The number of allylic oxidation sites excluding steroid dienone is 4. The van der Waals surface area contributed by atoms with Crippen LogP contribution < -0.4 is 0 Å². The topological polar surface area (TPSA) is 0 Å². The molecule has 0 N–H and O–H groups in total. The van der Waals surface area contributed by atoms with Gasteiger partial charge < -0.3 is 0 Å². The number of hydrogen-bond donors (Lipinski definition) is 0. The molecule has 0 nitrogen and oxygen atoms in total. The van der Waals surface area contributed by atoms with E-state index in [2.05, 4.69) is 44.6 Å². The van der Waals surface area contributed by atoms with E-state index >= 15 is 0 Å². The minimum absolute atomic E-state index is 0.828. The fourth-order valence-corrected chi connectivity index (χ4v) is 2.80. The molecule has 2 aliphatic rings. The minimum Gasteiger partial charge on any atom is -0.0883 e. The smallest absolute Gasteiger partial charge is 0.0312 e. The Labute approximate surface area is 94.5 Å². The quantitative estimate of drug-likeness (QED) is 0.584. The van der Waals surface area contributed by atoms with E-state index in [4.69, 9.17) is 0 Å². The van der Waals surface area contributed by atoms with Crippen LogP contribution >= 0.6 is 0 Å². The van der Waals surface area contributed by atoms with E-state index in [1.807, 2.05) is 0 Å². The second kappa shape index (κ2) is 5.01. The summed E-state index contributed by atoms with van der Waals surface area (Å²) in [6.07, 6.45) is 17.2. The van der Waals surface area contributed by atoms with Crippen LogP contribution in [0.2, 0.25) is 0 Å². The Hall–Kier alpha value is -0.520. The third kappa shape index (κ3) is 2.74. The molecule has 0 saturated carbocycles. The van der Waals surface area contributed by atoms with Crippen molar-refractivity contribution in [3.8, 4) is 0 Å². The van der Waals surface area contributed by atoms with Crippen molar-refractivity contribution in [1.82, 2.24) is 0 Å². The van der Waals surface area contributed by atoms with Gasteiger partial charge in [-0.05, 0) is 55.8 Å². The molecular formula is C15H23. The molecule has 4 atom stereocenters. The largest absolute Gasteiger partial charge is 0.0883 e. The molecule has 0 spiro atoms. The van der Waals surface area contributed by atoms with Crippen LogP contribution in [0.15, 0.2) is 24.3 Å². The molecule has 0 amide bonds. The first-order valence-electron chi connectivity index (χ1n) is 6.42. The van der Waals surface area contributed by atoms with Gasteiger partial charge in [-0.2, -0.15) is 0 Å². The zero-order valence-electron chi connectivity index (χ0n) is 10.0. The SMILES string of the molecule is CC1CC=CCC1[CH]C1CC=CCC1C. The van der Waals surface area contributed by atoms with Gasteiger partial charge in [0.05, 0.1) is 0 Å². The second-order valence-electron chi connectivity index (χ2n) is 5.36. The lowest BCUT2D eigenvalue weighted by Gasteiger charge is -2.32. The summed E-state index contributed by atoms with van der Waals surface area (Å²) in [6, 6.07) is 0. The van der Waals surface area contributed by atoms with E-state index < -0.39 is 0 Å². The van der Waals surface area contributed by atoms with Crippen LogP contribution in [-0.4, -0.2) is 0 Å². The monoisotopic (exact) mass is 203 g/mol. The van der Waals surface area contributed by atoms with E-state index in [9.17, 15) is 0 Å². The van der Waals surface area contributed by atoms with Crippen LogP contribution in [0.3, 0.4) is 0 Å². The molecule has 0 saturated heterocycles. The Morgan fingerprint density at radius 1 is 0.733 bits per heavy atom. The highest BCUT2D eigenvalue weighted by Gasteiger charge is 2.26. The Kier molecular flexibility index (Phi) is 3.66. The summed E-state index contributed by atoms with van der Waals surface area (Å²) in [4.78, 5) is 0. The van der Waals surface area contributed by atoms with E-state index in [1.54, 1.807) is 0 Å². The zero-order valence-corrected chi connectivity index (χ0v) is 10.0. The maximum atomic E-state index is 2.66. The molecule has 0 heterocycles. The van der Waals surface area contributed by atoms with Crippen molar-refractivity contribution in [3.63, 3.8) is 0 Å². The molecule has 0 aromatic rings. The van der Waals surface area contributed by atoms with Gasteiger partial charge in [0.1, 0.15) is 0 Å². The van der Waals surface area contributed by atoms with Gasteiger partial charge in [0.15, 0.2) is 0 Å². The van der Waals surface area contributed by atoms with Crippen LogP contribution in [0.4, 0.5) is 0 Å². The molecule has 0 aromatic carbocycles. The molecule has 83 valence electrons. The first-order chi connectivity index (χ1) is 7.27. The van der Waals surface area contributed by atoms with Gasteiger partial charge in [-0.1, -0.05) is 38.2 Å². The Balaban J connectivity index is 1.90. The summed E-state index contributed by atoms with van der Waals surface area (Å²) in [5, 5.41) is 0. The third-order valence-electron chi connectivity index (χ3n) is 4.12. The van der Waals surface area contributed by atoms with Gasteiger partial charge >= 0.3 is 0 Å². The van der Waals surface area contributed by atoms with Crippen LogP contribution in [-0.2, 0) is 0 Å². The fraction of sp³-hybridized carbons (Fsp3) is 0.667. The molecule has 0 aromatic heterocycles. The van der Waals surface area contributed by atoms with Gasteiger partial charge in [-0.3, -0.25) is 0 Å². The predicted octanol–water partition coefficient (Wildman–Crippen LogP) is 4.40. The Morgan fingerprint density at radius 3 is 1.53 bits per heavy atom. The maximum absolute atomic E-state index is 2.66. The molecule has 2 aliphatic carbocycles. The van der Waals surface area contributed by atoms with Gasteiger partial charge in [-0.25, -0.2) is 0 Å². The molecular weight excluding hydrogens is 180 g/mol. The average molecular weight is 203 g/mol. The lowest BCUT2D eigenvalue weighted by atomic mass is 9.73. The average Bonchev–Trinajstić information content (AvgIpc) is 2.24. The molecule has 0 bridgehead atoms. The Bertz CT molecular complexity index is 223. The van der Waals surface area contributed by atoms with E-state index in [1.165, 1.54) is 25.7 Å². The summed E-state index contributed by atoms with van der Waals surface area (Å²) < 4.78 is 0. The summed E-state index contributed by atoms with van der Waals surface area (Å²) in [7, 11) is 0. The third-order valence-corrected chi connectivity index (χ3v) is 4.12. The summed E-state index contributed by atoms with van der Waals surface area (Å²) in [6.45, 7) is 4.79. The normalized spacial score (nSPS) is 40.7. The highest BCUT2D eigenvalue weighted by molar-refractivity contribution is 5.04. The summed E-state index contributed by atoms with van der Waals surface area (Å²) in [5.41, 5.74) is 0. The molecule has 0 heteroatoms. The number of hydrogen-bond acceptors (Lipinski definition) is 0. The Morgan fingerprint density at radius 2 is 1.13 bits per heavy atom. The predicted molar refractivity (Wildman–Crippen MR) is 66.4 cm³/mol. The summed E-state index contributed by atoms with van der Waals surface area (Å²) in [5.74, 6) is 3.36. The first-order valence-corrected chi connectivity index (χ1v) is 6.42. The lowest BCUT2D eigenvalue weighted by Crippen LogP contribution is -2.23. The highest BCUT2D eigenvalue weighted by atomic mass is 14.3. The van der Waals surface area contributed by atoms with Crippen LogP contribution in [0.1, 0.15) is 39.5 Å². The molecule has 0 aliphatic heterocycles. The zero-order chi connectivity index (χ0) is 10.7. The fourth-order valence-electron chi connectivity index (χ4n) is 2.80. The van der Waals surface area contributed by atoms with Gasteiger partial charge in [-0.15, -0.1) is 0 Å².